The second-order valence-electron chi connectivity index (χ2n) is 7.41. The topological polar surface area (TPSA) is 70.8 Å². The van der Waals surface area contributed by atoms with Gasteiger partial charge >= 0.3 is 0 Å². The molecule has 6 nitrogen and oxygen atoms in total. The predicted molar refractivity (Wildman–Crippen MR) is 90.8 cm³/mol. The number of aliphatic hydroxyl groups is 1. The van der Waals surface area contributed by atoms with Crippen LogP contribution < -0.4 is 0 Å². The van der Waals surface area contributed by atoms with Crippen molar-refractivity contribution < 1.29 is 9.90 Å². The molecule has 0 spiro atoms. The number of hydrogen-bond donors (Lipinski definition) is 1. The zero-order valence-corrected chi connectivity index (χ0v) is 15.2. The third-order valence-corrected chi connectivity index (χ3v) is 4.69. The molecular formula is C17H32N4O2. The first-order valence-corrected chi connectivity index (χ1v) is 8.42. The maximum Gasteiger partial charge on any atom is 0.237 e. The number of piperidine rings is 1. The van der Waals surface area contributed by atoms with Gasteiger partial charge in [-0.2, -0.15) is 5.26 Å². The van der Waals surface area contributed by atoms with Crippen LogP contribution in [0.4, 0.5) is 0 Å². The molecule has 1 fully saturated rings. The number of likely N-dealkylation sites (tertiary alicyclic amines) is 1. The number of amides is 1. The molecule has 0 radical (unpaired) electrons. The summed E-state index contributed by atoms with van der Waals surface area (Å²) in [6.07, 6.45) is 1.93. The molecule has 1 aliphatic rings. The maximum atomic E-state index is 12.3. The van der Waals surface area contributed by atoms with E-state index in [-0.39, 0.29) is 12.0 Å². The van der Waals surface area contributed by atoms with Crippen molar-refractivity contribution >= 4 is 5.91 Å². The minimum Gasteiger partial charge on any atom is -0.392 e. The molecule has 0 aliphatic carbocycles. The largest absolute Gasteiger partial charge is 0.392 e. The summed E-state index contributed by atoms with van der Waals surface area (Å²) in [7, 11) is 3.65. The lowest BCUT2D eigenvalue weighted by Gasteiger charge is -2.35. The Morgan fingerprint density at radius 2 is 1.96 bits per heavy atom. The van der Waals surface area contributed by atoms with E-state index in [9.17, 15) is 9.90 Å². The molecule has 0 aromatic carbocycles. The summed E-state index contributed by atoms with van der Waals surface area (Å²) in [5, 5.41) is 18.6. The third-order valence-electron chi connectivity index (χ3n) is 4.69. The van der Waals surface area contributed by atoms with E-state index in [1.165, 1.54) is 4.90 Å². The van der Waals surface area contributed by atoms with Crippen LogP contribution in [0.2, 0.25) is 0 Å². The highest BCUT2D eigenvalue weighted by molar-refractivity contribution is 5.79. The molecular weight excluding hydrogens is 292 g/mol. The van der Waals surface area contributed by atoms with E-state index in [2.05, 4.69) is 15.9 Å². The first-order valence-electron chi connectivity index (χ1n) is 8.42. The minimum absolute atomic E-state index is 0.0226. The molecule has 0 aromatic heterocycles. The summed E-state index contributed by atoms with van der Waals surface area (Å²) in [4.78, 5) is 18.2. The summed E-state index contributed by atoms with van der Waals surface area (Å²) < 4.78 is 0. The van der Waals surface area contributed by atoms with Gasteiger partial charge in [-0.3, -0.25) is 9.69 Å². The van der Waals surface area contributed by atoms with Crippen molar-refractivity contribution in [2.24, 2.45) is 5.92 Å². The summed E-state index contributed by atoms with van der Waals surface area (Å²) >= 11 is 0. The van der Waals surface area contributed by atoms with E-state index in [1.807, 2.05) is 14.0 Å². The standard InChI is InChI=1S/C17H32N4O2/c1-14(22)10-21-8-6-15(7-9-21)11-19(4)12-16(23)20(5)17(2,3)13-18/h14-15,22H,6-12H2,1-5H3/t14-/m1/s1. The molecule has 6 heteroatoms. The Morgan fingerprint density at radius 1 is 1.39 bits per heavy atom. The van der Waals surface area contributed by atoms with E-state index in [0.717, 1.165) is 39.0 Å². The van der Waals surface area contributed by atoms with E-state index < -0.39 is 5.54 Å². The van der Waals surface area contributed by atoms with Gasteiger partial charge in [-0.15, -0.1) is 0 Å². The fourth-order valence-corrected chi connectivity index (χ4v) is 2.95. The number of β-amino-alcohol motifs (C(OH)–C–C–N with tert-alkyl or cyclic N) is 1. The highest BCUT2D eigenvalue weighted by Gasteiger charge is 2.28. The molecule has 132 valence electrons. The number of hydrogen-bond acceptors (Lipinski definition) is 5. The number of carbonyl (C=O) groups excluding carboxylic acids is 1. The predicted octanol–water partition coefficient (Wildman–Crippen LogP) is 0.772. The first kappa shape index (κ1) is 19.9. The summed E-state index contributed by atoms with van der Waals surface area (Å²) in [6.45, 7) is 9.34. The average molecular weight is 324 g/mol. The number of nitriles is 1. The first-order chi connectivity index (χ1) is 10.7. The second kappa shape index (κ2) is 8.62. The Bertz CT molecular complexity index is 423. The second-order valence-corrected chi connectivity index (χ2v) is 7.41. The van der Waals surface area contributed by atoms with Gasteiger partial charge in [-0.05, 0) is 59.7 Å². The Hall–Kier alpha value is -1.16. The van der Waals surface area contributed by atoms with Crippen LogP contribution in [-0.2, 0) is 4.79 Å². The normalized spacial score (nSPS) is 18.7. The van der Waals surface area contributed by atoms with Gasteiger partial charge in [-0.1, -0.05) is 0 Å². The van der Waals surface area contributed by atoms with Crippen LogP contribution in [-0.4, -0.2) is 84.2 Å². The van der Waals surface area contributed by atoms with Crippen LogP contribution in [0.1, 0.15) is 33.6 Å². The van der Waals surface area contributed by atoms with Crippen LogP contribution in [0.3, 0.4) is 0 Å². The molecule has 1 N–H and O–H groups in total. The molecule has 1 amide bonds. The number of rotatable bonds is 7. The van der Waals surface area contributed by atoms with Crippen LogP contribution in [0.15, 0.2) is 0 Å². The Morgan fingerprint density at radius 3 is 2.43 bits per heavy atom. The molecule has 23 heavy (non-hydrogen) atoms. The highest BCUT2D eigenvalue weighted by Crippen LogP contribution is 2.18. The molecule has 1 aliphatic heterocycles. The van der Waals surface area contributed by atoms with Gasteiger partial charge in [0.2, 0.25) is 5.91 Å². The van der Waals surface area contributed by atoms with Crippen LogP contribution in [0.25, 0.3) is 0 Å². The van der Waals surface area contributed by atoms with Crippen molar-refractivity contribution in [3.8, 4) is 6.07 Å². The summed E-state index contributed by atoms with van der Waals surface area (Å²) in [6, 6.07) is 2.16. The third kappa shape index (κ3) is 6.46. The molecule has 1 heterocycles. The van der Waals surface area contributed by atoms with Gasteiger partial charge in [0.15, 0.2) is 0 Å². The zero-order valence-electron chi connectivity index (χ0n) is 15.2. The van der Waals surface area contributed by atoms with Gasteiger partial charge in [-0.25, -0.2) is 0 Å². The van der Waals surface area contributed by atoms with Gasteiger partial charge in [0, 0.05) is 20.1 Å². The molecule has 1 saturated heterocycles. The minimum atomic E-state index is -0.774. The van der Waals surface area contributed by atoms with Crippen molar-refractivity contribution in [2.75, 3.05) is 46.8 Å². The van der Waals surface area contributed by atoms with Crippen molar-refractivity contribution in [3.63, 3.8) is 0 Å². The smallest absolute Gasteiger partial charge is 0.237 e. The number of likely N-dealkylation sites (N-methyl/N-ethyl adjacent to an activating group) is 2. The Kier molecular flexibility index (Phi) is 7.46. The lowest BCUT2D eigenvalue weighted by molar-refractivity contribution is -0.134. The van der Waals surface area contributed by atoms with E-state index in [0.29, 0.717) is 12.5 Å². The van der Waals surface area contributed by atoms with Gasteiger partial charge in [0.25, 0.3) is 0 Å². The fraction of sp³-hybridized carbons (Fsp3) is 0.882. The number of aliphatic hydroxyl groups excluding tert-OH is 1. The van der Waals surface area contributed by atoms with Crippen LogP contribution in [0.5, 0.6) is 0 Å². The van der Waals surface area contributed by atoms with Crippen LogP contribution in [0, 0.1) is 17.2 Å². The van der Waals surface area contributed by atoms with Crippen molar-refractivity contribution in [1.29, 1.82) is 5.26 Å². The SMILES string of the molecule is C[C@@H](O)CN1CCC(CN(C)CC(=O)N(C)C(C)(C)C#N)CC1. The van der Waals surface area contributed by atoms with E-state index in [4.69, 9.17) is 5.26 Å². The molecule has 1 rings (SSSR count). The van der Waals surface area contributed by atoms with Crippen molar-refractivity contribution in [1.82, 2.24) is 14.7 Å². The van der Waals surface area contributed by atoms with E-state index >= 15 is 0 Å². The highest BCUT2D eigenvalue weighted by atomic mass is 16.3. The monoisotopic (exact) mass is 324 g/mol. The zero-order chi connectivity index (χ0) is 17.6. The number of carbonyl (C=O) groups is 1. The lowest BCUT2D eigenvalue weighted by Crippen LogP contribution is -2.48. The molecule has 0 saturated carbocycles. The van der Waals surface area contributed by atoms with Crippen molar-refractivity contribution in [3.05, 3.63) is 0 Å². The fourth-order valence-electron chi connectivity index (χ4n) is 2.95. The van der Waals surface area contributed by atoms with E-state index in [1.54, 1.807) is 20.9 Å². The number of nitrogens with zero attached hydrogens (tertiary/aromatic N) is 4. The average Bonchev–Trinajstić information content (AvgIpc) is 2.47. The Labute approximate surface area is 140 Å². The Balaban J connectivity index is 2.36. The molecule has 1 atom stereocenters. The van der Waals surface area contributed by atoms with Gasteiger partial charge < -0.3 is 14.9 Å². The van der Waals surface area contributed by atoms with Crippen molar-refractivity contribution in [2.45, 2.75) is 45.3 Å². The van der Waals surface area contributed by atoms with Gasteiger partial charge in [0.1, 0.15) is 5.54 Å². The summed E-state index contributed by atoms with van der Waals surface area (Å²) in [5.41, 5.74) is -0.774. The molecule has 0 unspecified atom stereocenters. The lowest BCUT2D eigenvalue weighted by atomic mass is 9.96. The maximum absolute atomic E-state index is 12.3. The molecule has 0 aromatic rings. The quantitative estimate of drug-likeness (QED) is 0.749. The van der Waals surface area contributed by atoms with Gasteiger partial charge in [0.05, 0.1) is 18.7 Å². The van der Waals surface area contributed by atoms with Crippen LogP contribution >= 0.6 is 0 Å². The summed E-state index contributed by atoms with van der Waals surface area (Å²) in [5.74, 6) is 0.568. The molecule has 0 bridgehead atoms.